The Morgan fingerprint density at radius 1 is 1.17 bits per heavy atom. The molecule has 0 bridgehead atoms. The van der Waals surface area contributed by atoms with Crippen LogP contribution >= 0.6 is 11.3 Å². The largest absolute Gasteiger partial charge is 0.482 e. The number of rotatable bonds is 7. The van der Waals surface area contributed by atoms with Crippen LogP contribution in [0.5, 0.6) is 5.75 Å². The van der Waals surface area contributed by atoms with E-state index >= 15 is 0 Å². The maximum absolute atomic E-state index is 14.2. The average molecular weight is 495 g/mol. The summed E-state index contributed by atoms with van der Waals surface area (Å²) in [5.41, 5.74) is 2.63. The third-order valence-corrected chi connectivity index (χ3v) is 6.68. The van der Waals surface area contributed by atoms with Crippen molar-refractivity contribution >= 4 is 45.0 Å². The fourth-order valence-electron chi connectivity index (χ4n) is 4.18. The summed E-state index contributed by atoms with van der Waals surface area (Å²) in [6.07, 6.45) is 4.22. The summed E-state index contributed by atoms with van der Waals surface area (Å²) in [6, 6.07) is 11.5. The molecule has 1 aliphatic carbocycles. The lowest BCUT2D eigenvalue weighted by atomic mass is 9.96. The normalized spacial score (nSPS) is 12.9. The second-order valence-electron chi connectivity index (χ2n) is 8.25. The molecule has 1 aliphatic rings. The summed E-state index contributed by atoms with van der Waals surface area (Å²) < 4.78 is 31.1. The summed E-state index contributed by atoms with van der Waals surface area (Å²) in [5.74, 6) is 0.158. The van der Waals surface area contributed by atoms with E-state index in [2.05, 4.69) is 4.98 Å². The van der Waals surface area contributed by atoms with Gasteiger partial charge >= 0.3 is 5.97 Å². The maximum atomic E-state index is 14.2. The zero-order valence-corrected chi connectivity index (χ0v) is 19.9. The number of carbonyl (C=O) groups excluding carboxylic acids is 2. The second-order valence-corrected chi connectivity index (χ2v) is 9.08. The minimum atomic E-state index is -0.550. The molecule has 5 rings (SSSR count). The zero-order valence-electron chi connectivity index (χ0n) is 19.1. The second kappa shape index (κ2) is 9.87. The number of aryl methyl sites for hydroxylation is 2. The summed E-state index contributed by atoms with van der Waals surface area (Å²) in [7, 11) is 0. The monoisotopic (exact) mass is 494 g/mol. The maximum Gasteiger partial charge on any atom is 0.344 e. The van der Waals surface area contributed by atoms with E-state index < -0.39 is 11.8 Å². The van der Waals surface area contributed by atoms with Crippen molar-refractivity contribution in [2.45, 2.75) is 39.2 Å². The molecule has 0 saturated carbocycles. The van der Waals surface area contributed by atoms with Gasteiger partial charge in [-0.1, -0.05) is 12.1 Å². The van der Waals surface area contributed by atoms with Crippen LogP contribution in [-0.4, -0.2) is 23.5 Å². The van der Waals surface area contributed by atoms with E-state index in [1.54, 1.807) is 23.6 Å². The van der Waals surface area contributed by atoms with Gasteiger partial charge in [-0.25, -0.2) is 14.2 Å². The topological polar surface area (TPSA) is 81.9 Å². The minimum Gasteiger partial charge on any atom is -0.482 e. The molecule has 180 valence electrons. The number of amides is 1. The molecule has 0 radical (unpaired) electrons. The Morgan fingerprint density at radius 2 is 2.00 bits per heavy atom. The van der Waals surface area contributed by atoms with Crippen molar-refractivity contribution in [2.24, 2.45) is 0 Å². The SMILES string of the molecule is CC(=O)N(c1nc(COC(=O)COc2ccc3oc4c(c3c2)CCCC4)cs1)c1ccccc1F. The summed E-state index contributed by atoms with van der Waals surface area (Å²) in [5, 5.41) is 2.99. The molecular weight excluding hydrogens is 471 g/mol. The van der Waals surface area contributed by atoms with Crippen molar-refractivity contribution < 1.29 is 27.9 Å². The molecule has 2 aromatic carbocycles. The molecule has 35 heavy (non-hydrogen) atoms. The molecule has 0 atom stereocenters. The van der Waals surface area contributed by atoms with Crippen LogP contribution in [0.3, 0.4) is 0 Å². The van der Waals surface area contributed by atoms with Gasteiger partial charge in [-0.2, -0.15) is 0 Å². The number of hydrogen-bond acceptors (Lipinski definition) is 7. The predicted molar refractivity (Wildman–Crippen MR) is 129 cm³/mol. The third-order valence-electron chi connectivity index (χ3n) is 5.80. The van der Waals surface area contributed by atoms with Gasteiger partial charge < -0.3 is 13.9 Å². The van der Waals surface area contributed by atoms with Crippen LogP contribution in [-0.2, 0) is 33.8 Å². The number of fused-ring (bicyclic) bond motifs is 3. The molecule has 2 heterocycles. The molecule has 0 N–H and O–H groups in total. The number of anilines is 2. The van der Waals surface area contributed by atoms with E-state index in [0.29, 0.717) is 16.6 Å². The number of benzene rings is 2. The van der Waals surface area contributed by atoms with Gasteiger partial charge in [-0.05, 0) is 49.6 Å². The van der Waals surface area contributed by atoms with Gasteiger partial charge in [0.1, 0.15) is 29.5 Å². The standard InChI is InChI=1S/C26H23FN2O5S/c1-16(30)29(22-8-4-3-7-21(22)27)26-28-17(15-35-26)13-33-25(31)14-32-18-10-11-24-20(12-18)19-6-2-5-9-23(19)34-24/h3-4,7-8,10-12,15H,2,5-6,9,13-14H2,1H3. The van der Waals surface area contributed by atoms with E-state index in [9.17, 15) is 14.0 Å². The molecule has 4 aromatic rings. The average Bonchev–Trinajstić information content (AvgIpc) is 3.47. The van der Waals surface area contributed by atoms with Crippen LogP contribution in [0.4, 0.5) is 15.2 Å². The minimum absolute atomic E-state index is 0.0873. The number of furan rings is 1. The van der Waals surface area contributed by atoms with Crippen molar-refractivity contribution in [3.63, 3.8) is 0 Å². The summed E-state index contributed by atoms with van der Waals surface area (Å²) in [4.78, 5) is 29.9. The molecule has 1 amide bonds. The fourth-order valence-corrected chi connectivity index (χ4v) is 5.04. The number of aromatic nitrogens is 1. The van der Waals surface area contributed by atoms with Crippen LogP contribution in [0.15, 0.2) is 52.3 Å². The molecular formula is C26H23FN2O5S. The van der Waals surface area contributed by atoms with Gasteiger partial charge in [0.2, 0.25) is 5.91 Å². The Labute approximate surface area is 205 Å². The predicted octanol–water partition coefficient (Wildman–Crippen LogP) is 5.71. The van der Waals surface area contributed by atoms with Crippen molar-refractivity contribution in [1.82, 2.24) is 4.98 Å². The number of thiazole rings is 1. The fraction of sp³-hybridized carbons (Fsp3) is 0.269. The lowest BCUT2D eigenvalue weighted by Gasteiger charge is -2.18. The molecule has 7 nitrogen and oxygen atoms in total. The van der Waals surface area contributed by atoms with E-state index in [0.717, 1.165) is 53.7 Å². The van der Waals surface area contributed by atoms with E-state index in [4.69, 9.17) is 13.9 Å². The highest BCUT2D eigenvalue weighted by Crippen LogP contribution is 2.34. The summed E-state index contributed by atoms with van der Waals surface area (Å²) >= 11 is 1.16. The van der Waals surface area contributed by atoms with Crippen LogP contribution in [0.2, 0.25) is 0 Å². The molecule has 0 aliphatic heterocycles. The smallest absolute Gasteiger partial charge is 0.344 e. The number of para-hydroxylation sites is 1. The quantitative estimate of drug-likeness (QED) is 0.306. The highest BCUT2D eigenvalue weighted by atomic mass is 32.1. The Hall–Kier alpha value is -3.72. The molecule has 0 spiro atoms. The lowest BCUT2D eigenvalue weighted by molar-refractivity contribution is -0.147. The Bertz CT molecular complexity index is 1400. The van der Waals surface area contributed by atoms with Gasteiger partial charge in [0.25, 0.3) is 0 Å². The van der Waals surface area contributed by atoms with Crippen molar-refractivity contribution in [2.75, 3.05) is 11.5 Å². The Morgan fingerprint density at radius 3 is 2.83 bits per heavy atom. The number of hydrogen-bond donors (Lipinski definition) is 0. The van der Waals surface area contributed by atoms with Gasteiger partial charge in [0, 0.05) is 29.7 Å². The first-order valence-electron chi connectivity index (χ1n) is 11.3. The van der Waals surface area contributed by atoms with E-state index in [1.807, 2.05) is 12.1 Å². The number of carbonyl (C=O) groups is 2. The highest BCUT2D eigenvalue weighted by Gasteiger charge is 2.21. The first-order chi connectivity index (χ1) is 17.0. The molecule has 0 unspecified atom stereocenters. The van der Waals surface area contributed by atoms with Gasteiger partial charge in [0.05, 0.1) is 11.4 Å². The highest BCUT2D eigenvalue weighted by molar-refractivity contribution is 7.14. The van der Waals surface area contributed by atoms with E-state index in [1.165, 1.54) is 29.5 Å². The Balaban J connectivity index is 1.19. The van der Waals surface area contributed by atoms with Crippen molar-refractivity contribution in [3.8, 4) is 5.75 Å². The number of halogens is 1. The first kappa shape index (κ1) is 23.0. The van der Waals surface area contributed by atoms with Crippen LogP contribution in [0, 0.1) is 5.82 Å². The number of esters is 1. The Kier molecular flexibility index (Phi) is 6.50. The third kappa shape index (κ3) is 4.90. The summed E-state index contributed by atoms with van der Waals surface area (Å²) in [6.45, 7) is 0.995. The van der Waals surface area contributed by atoms with Crippen LogP contribution in [0.25, 0.3) is 11.0 Å². The van der Waals surface area contributed by atoms with Gasteiger partial charge in [-0.15, -0.1) is 11.3 Å². The lowest BCUT2D eigenvalue weighted by Crippen LogP contribution is -2.23. The van der Waals surface area contributed by atoms with Gasteiger partial charge in [0.15, 0.2) is 11.7 Å². The zero-order chi connectivity index (χ0) is 24.4. The molecule has 2 aromatic heterocycles. The van der Waals surface area contributed by atoms with Crippen molar-refractivity contribution in [1.29, 1.82) is 0 Å². The van der Waals surface area contributed by atoms with Crippen molar-refractivity contribution in [3.05, 3.63) is 70.7 Å². The van der Waals surface area contributed by atoms with Crippen LogP contribution < -0.4 is 9.64 Å². The number of nitrogens with zero attached hydrogens (tertiary/aromatic N) is 2. The van der Waals surface area contributed by atoms with Crippen LogP contribution in [0.1, 0.15) is 36.8 Å². The van der Waals surface area contributed by atoms with E-state index in [-0.39, 0.29) is 24.8 Å². The first-order valence-corrected chi connectivity index (χ1v) is 12.2. The molecule has 0 fully saturated rings. The number of ether oxygens (including phenoxy) is 2. The molecule has 9 heteroatoms. The van der Waals surface area contributed by atoms with Gasteiger partial charge in [-0.3, -0.25) is 9.69 Å². The molecule has 0 saturated heterocycles.